The molecule has 3 heteroatoms. The van der Waals surface area contributed by atoms with Crippen molar-refractivity contribution in [2.45, 2.75) is 13.8 Å². The number of rotatable bonds is 2. The molecule has 0 atom stereocenters. The van der Waals surface area contributed by atoms with Crippen molar-refractivity contribution in [1.29, 1.82) is 10.5 Å². The fourth-order valence-electron chi connectivity index (χ4n) is 1.23. The number of ketones is 1. The third-order valence-electron chi connectivity index (χ3n) is 2.00. The fourth-order valence-corrected chi connectivity index (χ4v) is 1.23. The zero-order valence-electron chi connectivity index (χ0n) is 8.61. The summed E-state index contributed by atoms with van der Waals surface area (Å²) >= 11 is 0. The highest BCUT2D eigenvalue weighted by atomic mass is 16.1. The summed E-state index contributed by atoms with van der Waals surface area (Å²) in [6, 6.07) is 8.37. The lowest BCUT2D eigenvalue weighted by atomic mass is 9.97. The van der Waals surface area contributed by atoms with E-state index in [1.807, 2.05) is 12.1 Å². The number of hydrogen-bond donors (Lipinski definition) is 0. The lowest BCUT2D eigenvalue weighted by Crippen LogP contribution is -2.07. The molecule has 1 aromatic rings. The largest absolute Gasteiger partial charge is 0.294 e. The molecule has 0 aromatic heterocycles. The van der Waals surface area contributed by atoms with Gasteiger partial charge in [-0.2, -0.15) is 10.5 Å². The lowest BCUT2D eigenvalue weighted by Gasteiger charge is -2.04. The Morgan fingerprint density at radius 1 is 1.13 bits per heavy atom. The Balaban J connectivity index is 3.27. The zero-order chi connectivity index (χ0) is 11.4. The van der Waals surface area contributed by atoms with Gasteiger partial charge in [0.15, 0.2) is 5.78 Å². The molecule has 0 unspecified atom stereocenters. The van der Waals surface area contributed by atoms with Crippen molar-refractivity contribution in [1.82, 2.24) is 0 Å². The Hall–Kier alpha value is -2.13. The van der Waals surface area contributed by atoms with Crippen LogP contribution in [0.1, 0.15) is 35.3 Å². The normalized spacial score (nSPS) is 9.40. The van der Waals surface area contributed by atoms with Crippen LogP contribution in [0.3, 0.4) is 0 Å². The smallest absolute Gasteiger partial charge is 0.165 e. The average molecular weight is 198 g/mol. The van der Waals surface area contributed by atoms with Crippen LogP contribution >= 0.6 is 0 Å². The van der Waals surface area contributed by atoms with Crippen molar-refractivity contribution < 1.29 is 4.79 Å². The molecule has 0 saturated heterocycles. The molecular weight excluding hydrogens is 188 g/mol. The first kappa shape index (κ1) is 10.9. The van der Waals surface area contributed by atoms with Crippen LogP contribution in [0.5, 0.6) is 0 Å². The summed E-state index contributed by atoms with van der Waals surface area (Å²) < 4.78 is 0. The van der Waals surface area contributed by atoms with Crippen molar-refractivity contribution in [3.63, 3.8) is 0 Å². The van der Waals surface area contributed by atoms with Gasteiger partial charge in [0, 0.05) is 11.5 Å². The molecule has 15 heavy (non-hydrogen) atoms. The Labute approximate surface area is 88.6 Å². The van der Waals surface area contributed by atoms with Gasteiger partial charge in [0.1, 0.15) is 0 Å². The molecule has 0 amide bonds. The molecular formula is C12H10N2O. The summed E-state index contributed by atoms with van der Waals surface area (Å²) in [5, 5.41) is 17.5. The highest BCUT2D eigenvalue weighted by Gasteiger charge is 2.12. The van der Waals surface area contributed by atoms with Crippen molar-refractivity contribution >= 4 is 5.78 Å². The van der Waals surface area contributed by atoms with Crippen LogP contribution in [-0.4, -0.2) is 5.78 Å². The zero-order valence-corrected chi connectivity index (χ0v) is 8.61. The van der Waals surface area contributed by atoms with E-state index in [9.17, 15) is 4.79 Å². The van der Waals surface area contributed by atoms with Crippen molar-refractivity contribution in [2.75, 3.05) is 0 Å². The maximum Gasteiger partial charge on any atom is 0.165 e. The fraction of sp³-hybridized carbons (Fsp3) is 0.250. The molecule has 74 valence electrons. The summed E-state index contributed by atoms with van der Waals surface area (Å²) in [6.45, 7) is 3.57. The first-order chi connectivity index (χ1) is 7.08. The summed E-state index contributed by atoms with van der Waals surface area (Å²) in [5.41, 5.74) is 1.12. The van der Waals surface area contributed by atoms with Crippen molar-refractivity contribution in [3.8, 4) is 12.1 Å². The highest BCUT2D eigenvalue weighted by Crippen LogP contribution is 2.13. The Bertz CT molecular complexity index is 443. The number of Topliss-reactive ketones (excluding diaryl/α,β-unsaturated/α-hetero) is 1. The molecule has 0 radical (unpaired) electrons. The number of carbonyl (C=O) groups excluding carboxylic acids is 1. The number of hydrogen-bond acceptors (Lipinski definition) is 3. The average Bonchev–Trinajstić information content (AvgIpc) is 2.27. The van der Waals surface area contributed by atoms with Crippen molar-refractivity contribution in [3.05, 3.63) is 34.9 Å². The lowest BCUT2D eigenvalue weighted by molar-refractivity contribution is 0.0939. The van der Waals surface area contributed by atoms with Crippen LogP contribution in [0, 0.1) is 28.6 Å². The molecule has 1 aromatic carbocycles. The maximum atomic E-state index is 11.7. The molecule has 0 aliphatic heterocycles. The standard InChI is InChI=1S/C12H10N2O/c1-8(2)12(15)11-4-9(6-13)3-10(5-11)7-14/h3-5,8H,1-2H3. The number of nitrogens with zero attached hydrogens (tertiary/aromatic N) is 2. The van der Waals surface area contributed by atoms with E-state index in [0.29, 0.717) is 16.7 Å². The monoisotopic (exact) mass is 198 g/mol. The van der Waals surface area contributed by atoms with Crippen LogP contribution in [0.15, 0.2) is 18.2 Å². The van der Waals surface area contributed by atoms with Crippen LogP contribution in [-0.2, 0) is 0 Å². The minimum Gasteiger partial charge on any atom is -0.294 e. The van der Waals surface area contributed by atoms with E-state index in [4.69, 9.17) is 10.5 Å². The summed E-state index contributed by atoms with van der Waals surface area (Å²) in [7, 11) is 0. The van der Waals surface area contributed by atoms with E-state index in [0.717, 1.165) is 0 Å². The number of carbonyl (C=O) groups is 1. The van der Waals surface area contributed by atoms with Gasteiger partial charge in [-0.15, -0.1) is 0 Å². The molecule has 0 aliphatic rings. The van der Waals surface area contributed by atoms with Gasteiger partial charge in [0.05, 0.1) is 23.3 Å². The summed E-state index contributed by atoms with van der Waals surface area (Å²) in [5.74, 6) is -0.186. The molecule has 0 aliphatic carbocycles. The molecule has 1 rings (SSSR count). The molecule has 0 heterocycles. The van der Waals surface area contributed by atoms with E-state index in [1.54, 1.807) is 13.8 Å². The van der Waals surface area contributed by atoms with E-state index in [-0.39, 0.29) is 11.7 Å². The minimum atomic E-state index is -0.134. The quantitative estimate of drug-likeness (QED) is 0.684. The molecule has 0 fully saturated rings. The first-order valence-electron chi connectivity index (χ1n) is 4.58. The van der Waals surface area contributed by atoms with Crippen molar-refractivity contribution in [2.24, 2.45) is 5.92 Å². The molecule has 0 spiro atoms. The Morgan fingerprint density at radius 2 is 1.60 bits per heavy atom. The van der Waals surface area contributed by atoms with Crippen LogP contribution in [0.4, 0.5) is 0 Å². The van der Waals surface area contributed by atoms with Gasteiger partial charge in [-0.3, -0.25) is 4.79 Å². The van der Waals surface area contributed by atoms with Gasteiger partial charge < -0.3 is 0 Å². The number of nitriles is 2. The van der Waals surface area contributed by atoms with Crippen LogP contribution < -0.4 is 0 Å². The maximum absolute atomic E-state index is 11.7. The molecule has 3 nitrogen and oxygen atoms in total. The van der Waals surface area contributed by atoms with Gasteiger partial charge >= 0.3 is 0 Å². The van der Waals surface area contributed by atoms with Crippen LogP contribution in [0.2, 0.25) is 0 Å². The highest BCUT2D eigenvalue weighted by molar-refractivity contribution is 5.98. The van der Waals surface area contributed by atoms with Gasteiger partial charge in [-0.25, -0.2) is 0 Å². The van der Waals surface area contributed by atoms with Gasteiger partial charge in [-0.05, 0) is 18.2 Å². The SMILES string of the molecule is CC(C)C(=O)c1cc(C#N)cc(C#N)c1. The second-order valence-electron chi connectivity index (χ2n) is 3.54. The second kappa shape index (κ2) is 4.39. The minimum absolute atomic E-state index is 0.0522. The predicted octanol–water partition coefficient (Wildman–Crippen LogP) is 2.27. The Kier molecular flexibility index (Phi) is 3.21. The topological polar surface area (TPSA) is 64.7 Å². The third kappa shape index (κ3) is 2.42. The van der Waals surface area contributed by atoms with Gasteiger partial charge in [0.2, 0.25) is 0 Å². The predicted molar refractivity (Wildman–Crippen MR) is 55.0 cm³/mol. The van der Waals surface area contributed by atoms with Gasteiger partial charge in [-0.1, -0.05) is 13.8 Å². The molecule has 0 N–H and O–H groups in total. The second-order valence-corrected chi connectivity index (χ2v) is 3.54. The summed E-state index contributed by atoms with van der Waals surface area (Å²) in [6.07, 6.45) is 0. The molecule has 0 bridgehead atoms. The van der Waals surface area contributed by atoms with E-state index >= 15 is 0 Å². The summed E-state index contributed by atoms with van der Waals surface area (Å²) in [4.78, 5) is 11.7. The van der Waals surface area contributed by atoms with Gasteiger partial charge in [0.25, 0.3) is 0 Å². The van der Waals surface area contributed by atoms with E-state index in [2.05, 4.69) is 0 Å². The van der Waals surface area contributed by atoms with E-state index < -0.39 is 0 Å². The van der Waals surface area contributed by atoms with E-state index in [1.165, 1.54) is 18.2 Å². The Morgan fingerprint density at radius 3 is 1.93 bits per heavy atom. The van der Waals surface area contributed by atoms with Crippen LogP contribution in [0.25, 0.3) is 0 Å². The molecule has 0 saturated carbocycles. The third-order valence-corrected chi connectivity index (χ3v) is 2.00. The number of benzene rings is 1. The first-order valence-corrected chi connectivity index (χ1v) is 4.58.